The average Bonchev–Trinajstić information content (AvgIpc) is 3.01. The van der Waals surface area contributed by atoms with Gasteiger partial charge >= 0.3 is 5.97 Å². The molecule has 112 valence electrons. The summed E-state index contributed by atoms with van der Waals surface area (Å²) in [5, 5.41) is 12.6. The Morgan fingerprint density at radius 2 is 2.09 bits per heavy atom. The largest absolute Gasteiger partial charge is 0.466 e. The Balaban J connectivity index is 2.05. The van der Waals surface area contributed by atoms with Crippen molar-refractivity contribution in [2.24, 2.45) is 0 Å². The molecule has 0 saturated heterocycles. The molecular weight excluding hydrogens is 324 g/mol. The summed E-state index contributed by atoms with van der Waals surface area (Å²) in [4.78, 5) is 11.9. The number of nitriles is 1. The molecule has 0 saturated carbocycles. The van der Waals surface area contributed by atoms with Crippen molar-refractivity contribution in [3.63, 3.8) is 0 Å². The molecule has 1 heterocycles. The van der Waals surface area contributed by atoms with Gasteiger partial charge in [0.1, 0.15) is 18.4 Å². The fourth-order valence-electron chi connectivity index (χ4n) is 1.53. The fourth-order valence-corrected chi connectivity index (χ4v) is 1.93. The van der Waals surface area contributed by atoms with E-state index in [0.717, 1.165) is 0 Å². The van der Waals surface area contributed by atoms with Crippen LogP contribution in [0.15, 0.2) is 57.7 Å². The summed E-state index contributed by atoms with van der Waals surface area (Å²) in [6.45, 7) is -0.0565. The third-order valence-corrected chi connectivity index (χ3v) is 3.17. The maximum Gasteiger partial charge on any atom is 0.352 e. The first-order valence-corrected chi connectivity index (χ1v) is 6.98. The number of halogens is 1. The maximum atomic E-state index is 11.9. The number of carbonyl (C=O) groups excluding carboxylic acids is 1. The van der Waals surface area contributed by atoms with Crippen LogP contribution >= 0.6 is 24.2 Å². The zero-order chi connectivity index (χ0) is 15.9. The summed E-state index contributed by atoms with van der Waals surface area (Å²) < 4.78 is 10.0. The van der Waals surface area contributed by atoms with Gasteiger partial charge in [0.25, 0.3) is 0 Å². The Bertz CT molecular complexity index is 718. The second-order valence-corrected chi connectivity index (χ2v) is 5.01. The number of hydrogen-bond acceptors (Lipinski definition) is 6. The van der Waals surface area contributed by atoms with Crippen LogP contribution in [0, 0.1) is 11.3 Å². The minimum atomic E-state index is -0.787. The van der Waals surface area contributed by atoms with Crippen LogP contribution in [0.3, 0.4) is 0 Å². The van der Waals surface area contributed by atoms with Crippen LogP contribution in [0.5, 0.6) is 0 Å². The molecular formula is C15H11ClN2O3S. The molecule has 0 aliphatic carbocycles. The lowest BCUT2D eigenvalue weighted by atomic mass is 10.3. The predicted molar refractivity (Wildman–Crippen MR) is 85.2 cm³/mol. The van der Waals surface area contributed by atoms with E-state index >= 15 is 0 Å². The number of nitrogens with one attached hydrogen (secondary N) is 1. The highest BCUT2D eigenvalue weighted by molar-refractivity contribution is 7.84. The smallest absolute Gasteiger partial charge is 0.352 e. The van der Waals surface area contributed by atoms with Gasteiger partial charge in [-0.05, 0) is 36.4 Å². The highest BCUT2D eigenvalue weighted by Crippen LogP contribution is 2.19. The summed E-state index contributed by atoms with van der Waals surface area (Å²) in [7, 11) is 0. The predicted octanol–water partition coefficient (Wildman–Crippen LogP) is 3.75. The van der Waals surface area contributed by atoms with Crippen LogP contribution < -0.4 is 5.32 Å². The SMILES string of the molecule is N#CC(C(=O)OCc1ccco1)=C(S)Nc1ccc(Cl)cc1. The Kier molecular flexibility index (Phi) is 5.53. The summed E-state index contributed by atoms with van der Waals surface area (Å²) in [5.41, 5.74) is 0.408. The minimum absolute atomic E-state index is 0.0565. The number of esters is 1. The van der Waals surface area contributed by atoms with Crippen molar-refractivity contribution in [3.05, 3.63) is 64.0 Å². The second-order valence-electron chi connectivity index (χ2n) is 4.12. The number of thiol groups is 1. The highest BCUT2D eigenvalue weighted by Gasteiger charge is 2.16. The van der Waals surface area contributed by atoms with Gasteiger partial charge in [0.15, 0.2) is 5.57 Å². The van der Waals surface area contributed by atoms with Gasteiger partial charge in [-0.1, -0.05) is 11.6 Å². The molecule has 22 heavy (non-hydrogen) atoms. The van der Waals surface area contributed by atoms with Gasteiger partial charge in [0.2, 0.25) is 0 Å². The van der Waals surface area contributed by atoms with Crippen molar-refractivity contribution >= 4 is 35.9 Å². The van der Waals surface area contributed by atoms with Crippen molar-refractivity contribution in [1.82, 2.24) is 0 Å². The number of nitrogens with zero attached hydrogens (tertiary/aromatic N) is 1. The normalized spacial score (nSPS) is 11.3. The molecule has 1 N–H and O–H groups in total. The first-order chi connectivity index (χ1) is 10.6. The van der Waals surface area contributed by atoms with E-state index in [1.165, 1.54) is 6.26 Å². The number of benzene rings is 1. The standard InChI is InChI=1S/C15H11ClN2O3S/c16-10-3-5-11(6-4-10)18-14(22)13(8-17)15(19)21-9-12-2-1-7-20-12/h1-7,18,22H,9H2. The molecule has 0 fully saturated rings. The van der Waals surface area contributed by atoms with Crippen molar-refractivity contribution in [3.8, 4) is 6.07 Å². The summed E-state index contributed by atoms with van der Waals surface area (Å²) in [5.74, 6) is -0.303. The van der Waals surface area contributed by atoms with E-state index in [2.05, 4.69) is 17.9 Å². The molecule has 1 aromatic heterocycles. The number of ether oxygens (including phenoxy) is 1. The second kappa shape index (κ2) is 7.59. The van der Waals surface area contributed by atoms with E-state index in [4.69, 9.17) is 26.0 Å². The first kappa shape index (κ1) is 16.0. The number of furan rings is 1. The molecule has 0 radical (unpaired) electrons. The molecule has 0 bridgehead atoms. The molecule has 2 aromatic rings. The molecule has 0 aliphatic heterocycles. The molecule has 5 nitrogen and oxygen atoms in total. The van der Waals surface area contributed by atoms with E-state index < -0.39 is 5.97 Å². The molecule has 0 aliphatic rings. The van der Waals surface area contributed by atoms with Gasteiger partial charge in [-0.3, -0.25) is 0 Å². The van der Waals surface area contributed by atoms with Gasteiger partial charge in [-0.25, -0.2) is 4.79 Å². The van der Waals surface area contributed by atoms with Crippen molar-refractivity contribution in [2.45, 2.75) is 6.61 Å². The van der Waals surface area contributed by atoms with Gasteiger partial charge in [0, 0.05) is 10.7 Å². The molecule has 0 spiro atoms. The Morgan fingerprint density at radius 1 is 1.36 bits per heavy atom. The van der Waals surface area contributed by atoms with Gasteiger partial charge in [-0.2, -0.15) is 5.26 Å². The number of hydrogen-bond donors (Lipinski definition) is 2. The number of anilines is 1. The Hall–Kier alpha value is -2.36. The lowest BCUT2D eigenvalue weighted by molar-refractivity contribution is -0.140. The number of rotatable bonds is 5. The van der Waals surface area contributed by atoms with Crippen LogP contribution in [-0.2, 0) is 16.1 Å². The topological polar surface area (TPSA) is 75.3 Å². The van der Waals surface area contributed by atoms with Gasteiger partial charge < -0.3 is 14.5 Å². The zero-order valence-corrected chi connectivity index (χ0v) is 12.9. The third-order valence-electron chi connectivity index (χ3n) is 2.59. The van der Waals surface area contributed by atoms with Crippen molar-refractivity contribution < 1.29 is 13.9 Å². The molecule has 1 aromatic carbocycles. The molecule has 2 rings (SSSR count). The maximum absolute atomic E-state index is 11.9. The van der Waals surface area contributed by atoms with Crippen LogP contribution in [-0.4, -0.2) is 5.97 Å². The molecule has 0 amide bonds. The van der Waals surface area contributed by atoms with E-state index in [1.54, 1.807) is 42.5 Å². The quantitative estimate of drug-likeness (QED) is 0.377. The van der Waals surface area contributed by atoms with Crippen molar-refractivity contribution in [1.29, 1.82) is 5.26 Å². The van der Waals surface area contributed by atoms with E-state index in [-0.39, 0.29) is 17.2 Å². The average molecular weight is 335 g/mol. The lowest BCUT2D eigenvalue weighted by Crippen LogP contribution is -2.10. The van der Waals surface area contributed by atoms with Crippen LogP contribution in [0.1, 0.15) is 5.76 Å². The molecule has 7 heteroatoms. The Morgan fingerprint density at radius 3 is 2.68 bits per heavy atom. The third kappa shape index (κ3) is 4.32. The summed E-state index contributed by atoms with van der Waals surface area (Å²) in [6, 6.07) is 11.9. The zero-order valence-electron chi connectivity index (χ0n) is 11.2. The van der Waals surface area contributed by atoms with Gasteiger partial charge in [-0.15, -0.1) is 12.6 Å². The van der Waals surface area contributed by atoms with E-state index in [0.29, 0.717) is 16.5 Å². The summed E-state index contributed by atoms with van der Waals surface area (Å²) >= 11 is 9.92. The number of carbonyl (C=O) groups is 1. The Labute approximate surface area is 137 Å². The minimum Gasteiger partial charge on any atom is -0.466 e. The van der Waals surface area contributed by atoms with E-state index in [1.807, 2.05) is 0 Å². The lowest BCUT2D eigenvalue weighted by Gasteiger charge is -2.08. The summed E-state index contributed by atoms with van der Waals surface area (Å²) in [6.07, 6.45) is 1.47. The van der Waals surface area contributed by atoms with Crippen molar-refractivity contribution in [2.75, 3.05) is 5.32 Å². The molecule has 0 unspecified atom stereocenters. The van der Waals surface area contributed by atoms with Crippen LogP contribution in [0.4, 0.5) is 5.69 Å². The monoisotopic (exact) mass is 334 g/mol. The van der Waals surface area contributed by atoms with E-state index in [9.17, 15) is 4.79 Å². The van der Waals surface area contributed by atoms with Gasteiger partial charge in [0.05, 0.1) is 11.3 Å². The van der Waals surface area contributed by atoms with Crippen LogP contribution in [0.2, 0.25) is 5.02 Å². The first-order valence-electron chi connectivity index (χ1n) is 6.15. The van der Waals surface area contributed by atoms with Crippen LogP contribution in [0.25, 0.3) is 0 Å². The molecule has 0 atom stereocenters. The highest BCUT2D eigenvalue weighted by atomic mass is 35.5. The fraction of sp³-hybridized carbons (Fsp3) is 0.0667.